The predicted octanol–water partition coefficient (Wildman–Crippen LogP) is 4.32. The van der Waals surface area contributed by atoms with Crippen molar-refractivity contribution >= 4 is 22.5 Å². The van der Waals surface area contributed by atoms with Crippen molar-refractivity contribution in [2.45, 2.75) is 26.2 Å². The van der Waals surface area contributed by atoms with E-state index in [0.717, 1.165) is 5.69 Å². The lowest BCUT2D eigenvalue weighted by Crippen LogP contribution is -2.13. The van der Waals surface area contributed by atoms with Crippen LogP contribution in [0.3, 0.4) is 0 Å². The lowest BCUT2D eigenvalue weighted by Gasteiger charge is -2.18. The summed E-state index contributed by atoms with van der Waals surface area (Å²) >= 11 is 5.81. The summed E-state index contributed by atoms with van der Waals surface area (Å²) in [6.07, 6.45) is 0. The Morgan fingerprint density at radius 2 is 1.88 bits per heavy atom. The van der Waals surface area contributed by atoms with Gasteiger partial charge in [0.2, 0.25) is 0 Å². The second kappa shape index (κ2) is 3.70. The van der Waals surface area contributed by atoms with Crippen LogP contribution < -0.4 is 0 Å². The average molecular weight is 238 g/mol. The maximum Gasteiger partial charge on any atom is 0.134 e. The minimum Gasteiger partial charge on any atom is -0.252 e. The molecule has 0 atom stereocenters. The molecule has 0 unspecified atom stereocenters. The fraction of sp³-hybridized carbons (Fsp3) is 0.308. The van der Waals surface area contributed by atoms with E-state index in [9.17, 15) is 4.39 Å². The van der Waals surface area contributed by atoms with Crippen LogP contribution in [0.2, 0.25) is 5.02 Å². The van der Waals surface area contributed by atoms with Crippen LogP contribution in [0.1, 0.15) is 26.5 Å². The van der Waals surface area contributed by atoms with Gasteiger partial charge in [-0.3, -0.25) is 4.98 Å². The second-order valence-electron chi connectivity index (χ2n) is 4.90. The van der Waals surface area contributed by atoms with Gasteiger partial charge in [-0.25, -0.2) is 4.39 Å². The van der Waals surface area contributed by atoms with Gasteiger partial charge < -0.3 is 0 Å². The molecule has 0 aliphatic rings. The monoisotopic (exact) mass is 237 g/mol. The van der Waals surface area contributed by atoms with Crippen LogP contribution in [0, 0.1) is 5.82 Å². The molecule has 1 heterocycles. The van der Waals surface area contributed by atoms with Gasteiger partial charge in [-0.05, 0) is 24.3 Å². The minimum atomic E-state index is -0.324. The van der Waals surface area contributed by atoms with E-state index in [4.69, 9.17) is 11.6 Å². The largest absolute Gasteiger partial charge is 0.252 e. The SMILES string of the molecule is CC(C)(C)c1ccc2c(F)cc(Cl)cc2n1. The average Bonchev–Trinajstić information content (AvgIpc) is 2.15. The highest BCUT2D eigenvalue weighted by atomic mass is 35.5. The third-order valence-electron chi connectivity index (χ3n) is 2.49. The predicted molar refractivity (Wildman–Crippen MR) is 65.4 cm³/mol. The summed E-state index contributed by atoms with van der Waals surface area (Å²) < 4.78 is 13.6. The van der Waals surface area contributed by atoms with Crippen molar-refractivity contribution in [3.8, 4) is 0 Å². The van der Waals surface area contributed by atoms with E-state index in [0.29, 0.717) is 15.9 Å². The Kier molecular flexibility index (Phi) is 2.62. The smallest absolute Gasteiger partial charge is 0.134 e. The molecule has 0 amide bonds. The highest BCUT2D eigenvalue weighted by Crippen LogP contribution is 2.26. The van der Waals surface area contributed by atoms with Gasteiger partial charge in [0.1, 0.15) is 5.82 Å². The first kappa shape index (κ1) is 11.3. The molecule has 0 saturated heterocycles. The van der Waals surface area contributed by atoms with E-state index in [2.05, 4.69) is 25.8 Å². The molecule has 0 spiro atoms. The molecular weight excluding hydrogens is 225 g/mol. The van der Waals surface area contributed by atoms with Gasteiger partial charge >= 0.3 is 0 Å². The van der Waals surface area contributed by atoms with Gasteiger partial charge in [-0.1, -0.05) is 32.4 Å². The summed E-state index contributed by atoms with van der Waals surface area (Å²) in [5.74, 6) is -0.324. The summed E-state index contributed by atoms with van der Waals surface area (Å²) in [6, 6.07) is 6.62. The Labute approximate surface area is 99.3 Å². The van der Waals surface area contributed by atoms with E-state index >= 15 is 0 Å². The van der Waals surface area contributed by atoms with Gasteiger partial charge in [0, 0.05) is 21.5 Å². The van der Waals surface area contributed by atoms with Gasteiger partial charge in [0.25, 0.3) is 0 Å². The Hall–Kier alpha value is -1.15. The Morgan fingerprint density at radius 1 is 1.19 bits per heavy atom. The van der Waals surface area contributed by atoms with Crippen LogP contribution in [0.25, 0.3) is 10.9 Å². The van der Waals surface area contributed by atoms with Crippen LogP contribution in [0.4, 0.5) is 4.39 Å². The first-order valence-electron chi connectivity index (χ1n) is 5.14. The lowest BCUT2D eigenvalue weighted by molar-refractivity contribution is 0.571. The molecule has 0 bridgehead atoms. The van der Waals surface area contributed by atoms with Crippen LogP contribution in [-0.4, -0.2) is 4.98 Å². The van der Waals surface area contributed by atoms with E-state index in [1.165, 1.54) is 6.07 Å². The molecule has 0 radical (unpaired) electrons. The van der Waals surface area contributed by atoms with E-state index in [1.807, 2.05) is 6.07 Å². The fourth-order valence-electron chi connectivity index (χ4n) is 1.58. The number of pyridine rings is 1. The zero-order chi connectivity index (χ0) is 11.9. The number of aromatic nitrogens is 1. The zero-order valence-corrected chi connectivity index (χ0v) is 10.3. The number of rotatable bonds is 0. The van der Waals surface area contributed by atoms with Gasteiger partial charge in [-0.2, -0.15) is 0 Å². The molecule has 1 aromatic heterocycles. The topological polar surface area (TPSA) is 12.9 Å². The summed E-state index contributed by atoms with van der Waals surface area (Å²) in [5, 5.41) is 0.890. The summed E-state index contributed by atoms with van der Waals surface area (Å²) in [7, 11) is 0. The molecule has 16 heavy (non-hydrogen) atoms. The number of benzene rings is 1. The van der Waals surface area contributed by atoms with Crippen LogP contribution >= 0.6 is 11.6 Å². The quantitative estimate of drug-likeness (QED) is 0.665. The normalized spacial score (nSPS) is 12.1. The Balaban J connectivity index is 2.71. The first-order valence-corrected chi connectivity index (χ1v) is 5.52. The fourth-order valence-corrected chi connectivity index (χ4v) is 1.77. The Bertz CT molecular complexity index is 543. The summed E-state index contributed by atoms with van der Waals surface area (Å²) in [4.78, 5) is 4.44. The standard InChI is InChI=1S/C13H13ClFN/c1-13(2,3)12-5-4-9-10(15)6-8(14)7-11(9)16-12/h4-7H,1-3H3. The maximum atomic E-state index is 13.6. The first-order chi connectivity index (χ1) is 7.38. The molecule has 0 N–H and O–H groups in total. The van der Waals surface area contributed by atoms with Crippen molar-refractivity contribution in [3.63, 3.8) is 0 Å². The van der Waals surface area contributed by atoms with Gasteiger partial charge in [-0.15, -0.1) is 0 Å². The van der Waals surface area contributed by atoms with E-state index < -0.39 is 0 Å². The highest BCUT2D eigenvalue weighted by Gasteiger charge is 2.16. The van der Waals surface area contributed by atoms with Crippen molar-refractivity contribution < 1.29 is 4.39 Å². The molecule has 0 saturated carbocycles. The lowest BCUT2D eigenvalue weighted by atomic mass is 9.91. The number of halogens is 2. The molecule has 1 nitrogen and oxygen atoms in total. The number of hydrogen-bond acceptors (Lipinski definition) is 1. The van der Waals surface area contributed by atoms with Crippen molar-refractivity contribution in [3.05, 3.63) is 40.8 Å². The molecule has 2 aromatic rings. The molecular formula is C13H13ClFN. The summed E-state index contributed by atoms with van der Waals surface area (Å²) in [6.45, 7) is 6.21. The molecule has 3 heteroatoms. The van der Waals surface area contributed by atoms with Crippen molar-refractivity contribution in [1.29, 1.82) is 0 Å². The highest BCUT2D eigenvalue weighted by molar-refractivity contribution is 6.31. The molecule has 0 fully saturated rings. The zero-order valence-electron chi connectivity index (χ0n) is 9.51. The third kappa shape index (κ3) is 2.03. The second-order valence-corrected chi connectivity index (χ2v) is 5.34. The van der Waals surface area contributed by atoms with E-state index in [1.54, 1.807) is 12.1 Å². The third-order valence-corrected chi connectivity index (χ3v) is 2.71. The molecule has 84 valence electrons. The maximum absolute atomic E-state index is 13.6. The van der Waals surface area contributed by atoms with Gasteiger partial charge in [0.05, 0.1) is 5.52 Å². The van der Waals surface area contributed by atoms with Gasteiger partial charge in [0.15, 0.2) is 0 Å². The van der Waals surface area contributed by atoms with Crippen LogP contribution in [0.15, 0.2) is 24.3 Å². The Morgan fingerprint density at radius 3 is 2.50 bits per heavy atom. The summed E-state index contributed by atoms with van der Waals surface area (Å²) in [5.41, 5.74) is 1.49. The molecule has 0 aliphatic heterocycles. The van der Waals surface area contributed by atoms with Crippen molar-refractivity contribution in [1.82, 2.24) is 4.98 Å². The van der Waals surface area contributed by atoms with Crippen molar-refractivity contribution in [2.24, 2.45) is 0 Å². The van der Waals surface area contributed by atoms with Crippen LogP contribution in [-0.2, 0) is 5.41 Å². The van der Waals surface area contributed by atoms with E-state index in [-0.39, 0.29) is 11.2 Å². The number of fused-ring (bicyclic) bond motifs is 1. The molecule has 1 aromatic carbocycles. The molecule has 0 aliphatic carbocycles. The van der Waals surface area contributed by atoms with Crippen LogP contribution in [0.5, 0.6) is 0 Å². The number of nitrogens with zero attached hydrogens (tertiary/aromatic N) is 1. The number of hydrogen-bond donors (Lipinski definition) is 0. The van der Waals surface area contributed by atoms with Crippen molar-refractivity contribution in [2.75, 3.05) is 0 Å². The molecule has 2 rings (SSSR count). The minimum absolute atomic E-state index is 0.0486.